The second-order valence-electron chi connectivity index (χ2n) is 7.43. The Morgan fingerprint density at radius 3 is 2.70 bits per heavy atom. The van der Waals surface area contributed by atoms with Gasteiger partial charge in [0.1, 0.15) is 11.6 Å². The molecule has 2 heterocycles. The minimum atomic E-state index is -1.72. The van der Waals surface area contributed by atoms with Crippen LogP contribution in [0.4, 0.5) is 11.5 Å². The standard InChI is InChI=1S/C22H21ClN4O3/c1-13-4-9-18-17(12-13)25-20(28)22(3,30-18)21(29)26-19-10-11-24-27(19)14(2)15-5-7-16(23)8-6-15/h4-12,14H,1-3H3,(H,25,28)(H,26,29). The highest BCUT2D eigenvalue weighted by molar-refractivity contribution is 6.30. The van der Waals surface area contributed by atoms with Crippen LogP contribution in [0.3, 0.4) is 0 Å². The molecule has 0 bridgehead atoms. The highest BCUT2D eigenvalue weighted by Gasteiger charge is 2.47. The Hall–Kier alpha value is -3.32. The molecular formula is C22H21ClN4O3. The number of nitrogens with one attached hydrogen (secondary N) is 2. The van der Waals surface area contributed by atoms with Crippen LogP contribution in [-0.4, -0.2) is 27.2 Å². The van der Waals surface area contributed by atoms with Crippen LogP contribution in [0.1, 0.15) is 31.0 Å². The highest BCUT2D eigenvalue weighted by Crippen LogP contribution is 2.35. The summed E-state index contributed by atoms with van der Waals surface area (Å²) < 4.78 is 7.50. The van der Waals surface area contributed by atoms with Gasteiger partial charge in [0.05, 0.1) is 17.9 Å². The van der Waals surface area contributed by atoms with Crippen molar-refractivity contribution in [3.05, 3.63) is 70.9 Å². The number of fused-ring (bicyclic) bond motifs is 1. The van der Waals surface area contributed by atoms with Crippen molar-refractivity contribution in [1.82, 2.24) is 9.78 Å². The largest absolute Gasteiger partial charge is 0.466 e. The van der Waals surface area contributed by atoms with Crippen LogP contribution in [-0.2, 0) is 9.59 Å². The van der Waals surface area contributed by atoms with E-state index in [0.29, 0.717) is 22.3 Å². The molecule has 2 amide bonds. The minimum Gasteiger partial charge on any atom is -0.466 e. The Labute approximate surface area is 179 Å². The predicted molar refractivity (Wildman–Crippen MR) is 115 cm³/mol. The van der Waals surface area contributed by atoms with Crippen LogP contribution in [0.5, 0.6) is 5.75 Å². The third-order valence-electron chi connectivity index (χ3n) is 5.20. The van der Waals surface area contributed by atoms with Gasteiger partial charge in [0, 0.05) is 11.1 Å². The molecule has 30 heavy (non-hydrogen) atoms. The van der Waals surface area contributed by atoms with E-state index in [1.807, 2.05) is 32.0 Å². The first-order valence-electron chi connectivity index (χ1n) is 9.49. The molecule has 2 N–H and O–H groups in total. The number of hydrogen-bond donors (Lipinski definition) is 2. The molecule has 3 aromatic rings. The molecular weight excluding hydrogens is 404 g/mol. The fourth-order valence-corrected chi connectivity index (χ4v) is 3.45. The number of aryl methyl sites for hydroxylation is 1. The molecule has 8 heteroatoms. The van der Waals surface area contributed by atoms with Crippen LogP contribution in [0.15, 0.2) is 54.7 Å². The Morgan fingerprint density at radius 2 is 1.97 bits per heavy atom. The Bertz CT molecular complexity index is 1130. The average molecular weight is 425 g/mol. The predicted octanol–water partition coefficient (Wildman–Crippen LogP) is 4.18. The van der Waals surface area contributed by atoms with Crippen LogP contribution in [0, 0.1) is 6.92 Å². The average Bonchev–Trinajstić information content (AvgIpc) is 3.17. The molecule has 0 radical (unpaired) electrons. The number of ether oxygens (including phenoxy) is 1. The van der Waals surface area contributed by atoms with Gasteiger partial charge in [0.15, 0.2) is 0 Å². The first-order valence-corrected chi connectivity index (χ1v) is 9.87. The van der Waals surface area contributed by atoms with Gasteiger partial charge in [-0.2, -0.15) is 5.10 Å². The van der Waals surface area contributed by atoms with Gasteiger partial charge in [-0.15, -0.1) is 0 Å². The van der Waals surface area contributed by atoms with Crippen LogP contribution in [0.2, 0.25) is 5.02 Å². The molecule has 2 atom stereocenters. The summed E-state index contributed by atoms with van der Waals surface area (Å²) >= 11 is 5.97. The van der Waals surface area contributed by atoms with Crippen LogP contribution in [0.25, 0.3) is 0 Å². The fourth-order valence-electron chi connectivity index (χ4n) is 3.33. The number of anilines is 2. The van der Waals surface area contributed by atoms with Gasteiger partial charge in [-0.1, -0.05) is 29.8 Å². The molecule has 2 aromatic carbocycles. The lowest BCUT2D eigenvalue weighted by Gasteiger charge is -2.33. The van der Waals surface area contributed by atoms with Gasteiger partial charge >= 0.3 is 0 Å². The van der Waals surface area contributed by atoms with E-state index in [9.17, 15) is 9.59 Å². The summed E-state index contributed by atoms with van der Waals surface area (Å²) in [5.41, 5.74) is 0.777. The molecule has 0 spiro atoms. The van der Waals surface area contributed by atoms with Gasteiger partial charge in [-0.25, -0.2) is 4.68 Å². The summed E-state index contributed by atoms with van der Waals surface area (Å²) in [6, 6.07) is 14.3. The number of halogens is 1. The molecule has 4 rings (SSSR count). The lowest BCUT2D eigenvalue weighted by molar-refractivity contribution is -0.143. The van der Waals surface area contributed by atoms with Gasteiger partial charge in [0.2, 0.25) is 0 Å². The number of hydrogen-bond acceptors (Lipinski definition) is 4. The van der Waals surface area contributed by atoms with Crippen molar-refractivity contribution in [2.24, 2.45) is 0 Å². The van der Waals surface area contributed by atoms with Crippen molar-refractivity contribution >= 4 is 34.9 Å². The maximum Gasteiger partial charge on any atom is 0.279 e. The second kappa shape index (κ2) is 7.50. The monoisotopic (exact) mass is 424 g/mol. The summed E-state index contributed by atoms with van der Waals surface area (Å²) in [7, 11) is 0. The molecule has 0 fully saturated rings. The number of benzene rings is 2. The Morgan fingerprint density at radius 1 is 1.23 bits per heavy atom. The normalized spacial score (nSPS) is 18.7. The third kappa shape index (κ3) is 3.52. The molecule has 1 aliphatic rings. The van der Waals surface area contributed by atoms with Crippen molar-refractivity contribution in [1.29, 1.82) is 0 Å². The van der Waals surface area contributed by atoms with Crippen molar-refractivity contribution in [3.63, 3.8) is 0 Å². The zero-order valence-corrected chi connectivity index (χ0v) is 17.5. The SMILES string of the molecule is Cc1ccc2c(c1)NC(=O)C(C)(C(=O)Nc1ccnn1C(C)c1ccc(Cl)cc1)O2. The van der Waals surface area contributed by atoms with E-state index in [4.69, 9.17) is 16.3 Å². The number of carbonyl (C=O) groups is 2. The maximum atomic E-state index is 13.1. The van der Waals surface area contributed by atoms with Crippen molar-refractivity contribution in [2.45, 2.75) is 32.4 Å². The van der Waals surface area contributed by atoms with Crippen molar-refractivity contribution in [3.8, 4) is 5.75 Å². The summed E-state index contributed by atoms with van der Waals surface area (Å²) in [4.78, 5) is 25.8. The number of amides is 2. The zero-order chi connectivity index (χ0) is 21.5. The van der Waals surface area contributed by atoms with E-state index in [2.05, 4.69) is 15.7 Å². The van der Waals surface area contributed by atoms with Crippen LogP contribution < -0.4 is 15.4 Å². The number of nitrogens with zero attached hydrogens (tertiary/aromatic N) is 2. The minimum absolute atomic E-state index is 0.162. The van der Waals surface area contributed by atoms with E-state index in [0.717, 1.165) is 11.1 Å². The van der Waals surface area contributed by atoms with E-state index in [-0.39, 0.29) is 6.04 Å². The Balaban J connectivity index is 1.57. The summed E-state index contributed by atoms with van der Waals surface area (Å²) in [6.07, 6.45) is 1.59. The van der Waals surface area contributed by atoms with Crippen LogP contribution >= 0.6 is 11.6 Å². The molecule has 154 valence electrons. The molecule has 0 saturated carbocycles. The molecule has 2 unspecified atom stereocenters. The number of rotatable bonds is 4. The topological polar surface area (TPSA) is 85.3 Å². The lowest BCUT2D eigenvalue weighted by Crippen LogP contribution is -2.56. The van der Waals surface area contributed by atoms with E-state index in [1.54, 1.807) is 41.2 Å². The summed E-state index contributed by atoms with van der Waals surface area (Å²) in [5.74, 6) is -0.220. The van der Waals surface area contributed by atoms with Gasteiger partial charge < -0.3 is 15.4 Å². The fraction of sp³-hybridized carbons (Fsp3) is 0.227. The zero-order valence-electron chi connectivity index (χ0n) is 16.8. The molecule has 7 nitrogen and oxygen atoms in total. The molecule has 1 aromatic heterocycles. The van der Waals surface area contributed by atoms with Gasteiger partial charge in [-0.05, 0) is 56.2 Å². The third-order valence-corrected chi connectivity index (χ3v) is 5.45. The molecule has 0 saturated heterocycles. The summed E-state index contributed by atoms with van der Waals surface area (Å²) in [6.45, 7) is 5.32. The smallest absolute Gasteiger partial charge is 0.279 e. The lowest BCUT2D eigenvalue weighted by atomic mass is 10.0. The first-order chi connectivity index (χ1) is 14.3. The summed E-state index contributed by atoms with van der Waals surface area (Å²) in [5, 5.41) is 10.5. The maximum absolute atomic E-state index is 13.1. The van der Waals surface area contributed by atoms with Gasteiger partial charge in [-0.3, -0.25) is 9.59 Å². The number of carbonyl (C=O) groups excluding carboxylic acids is 2. The second-order valence-corrected chi connectivity index (χ2v) is 7.87. The van der Waals surface area contributed by atoms with E-state index >= 15 is 0 Å². The molecule has 1 aliphatic heterocycles. The van der Waals surface area contributed by atoms with Gasteiger partial charge in [0.25, 0.3) is 17.4 Å². The highest BCUT2D eigenvalue weighted by atomic mass is 35.5. The van der Waals surface area contributed by atoms with Crippen molar-refractivity contribution < 1.29 is 14.3 Å². The van der Waals surface area contributed by atoms with E-state index in [1.165, 1.54) is 6.92 Å². The van der Waals surface area contributed by atoms with Crippen molar-refractivity contribution in [2.75, 3.05) is 10.6 Å². The van der Waals surface area contributed by atoms with E-state index < -0.39 is 17.4 Å². The molecule has 0 aliphatic carbocycles. The number of aromatic nitrogens is 2. The quantitative estimate of drug-likeness (QED) is 0.615. The first kappa shape index (κ1) is 20.0. The Kier molecular flexibility index (Phi) is 4.99.